The van der Waals surface area contributed by atoms with Gasteiger partial charge in [-0.15, -0.1) is 0 Å². The second-order valence-electron chi connectivity index (χ2n) is 6.14. The first kappa shape index (κ1) is 16.4. The minimum absolute atomic E-state index is 0.272. The van der Waals surface area contributed by atoms with Crippen molar-refractivity contribution in [3.63, 3.8) is 0 Å². The van der Waals surface area contributed by atoms with Gasteiger partial charge in [-0.1, -0.05) is 0 Å². The zero-order valence-electron chi connectivity index (χ0n) is 12.0. The van der Waals surface area contributed by atoms with Gasteiger partial charge in [0.2, 0.25) is 5.79 Å². The Labute approximate surface area is 113 Å². The number of carbonyl (C=O) groups excluding carboxylic acids is 1. The van der Waals surface area contributed by atoms with E-state index in [9.17, 15) is 15.0 Å². The lowest BCUT2D eigenvalue weighted by Gasteiger charge is -2.36. The molecule has 0 aromatic carbocycles. The molecule has 1 rings (SSSR count). The Bertz CT molecular complexity index is 318. The fraction of sp³-hybridized carbons (Fsp3) is 0.923. The van der Waals surface area contributed by atoms with Crippen LogP contribution < -0.4 is 5.73 Å². The van der Waals surface area contributed by atoms with Crippen molar-refractivity contribution in [1.29, 1.82) is 0 Å². The van der Waals surface area contributed by atoms with Crippen LogP contribution in [-0.4, -0.2) is 39.9 Å². The average molecular weight is 275 g/mol. The molecule has 0 spiro atoms. The molecule has 1 aliphatic rings. The third-order valence-electron chi connectivity index (χ3n) is 2.96. The van der Waals surface area contributed by atoms with Crippen LogP contribution in [0.4, 0.5) is 0 Å². The third-order valence-corrected chi connectivity index (χ3v) is 2.96. The van der Waals surface area contributed by atoms with E-state index in [-0.39, 0.29) is 18.1 Å². The lowest BCUT2D eigenvalue weighted by atomic mass is 9.84. The van der Waals surface area contributed by atoms with Gasteiger partial charge in [0.25, 0.3) is 0 Å². The second-order valence-corrected chi connectivity index (χ2v) is 6.14. The Morgan fingerprint density at radius 2 is 1.74 bits per heavy atom. The Balaban J connectivity index is 2.52. The van der Waals surface area contributed by atoms with E-state index in [0.717, 1.165) is 0 Å². The molecule has 6 heteroatoms. The van der Waals surface area contributed by atoms with Crippen molar-refractivity contribution < 1.29 is 24.5 Å². The maximum absolute atomic E-state index is 11.8. The van der Waals surface area contributed by atoms with E-state index in [0.29, 0.717) is 19.3 Å². The van der Waals surface area contributed by atoms with E-state index >= 15 is 0 Å². The minimum Gasteiger partial charge on any atom is -0.434 e. The van der Waals surface area contributed by atoms with Gasteiger partial charge in [-0.2, -0.15) is 0 Å². The highest BCUT2D eigenvalue weighted by Crippen LogP contribution is 2.29. The van der Waals surface area contributed by atoms with Crippen LogP contribution in [0.1, 0.15) is 47.0 Å². The molecule has 19 heavy (non-hydrogen) atoms. The van der Waals surface area contributed by atoms with Crippen LogP contribution >= 0.6 is 0 Å². The number of rotatable bonds is 4. The first-order chi connectivity index (χ1) is 8.48. The summed E-state index contributed by atoms with van der Waals surface area (Å²) in [5, 5.41) is 19.1. The largest absolute Gasteiger partial charge is 0.434 e. The fourth-order valence-corrected chi connectivity index (χ4v) is 2.24. The number of nitrogens with two attached hydrogens (primary N) is 1. The monoisotopic (exact) mass is 275 g/mol. The normalized spacial score (nSPS) is 29.1. The van der Waals surface area contributed by atoms with E-state index in [1.54, 1.807) is 13.8 Å². The molecule has 0 radical (unpaired) electrons. The Kier molecular flexibility index (Phi) is 4.95. The number of aliphatic hydroxyl groups is 2. The summed E-state index contributed by atoms with van der Waals surface area (Å²) >= 11 is 0. The van der Waals surface area contributed by atoms with Gasteiger partial charge in [0, 0.05) is 19.9 Å². The molecular formula is C13H25NO5. The highest BCUT2D eigenvalue weighted by molar-refractivity contribution is 5.73. The quantitative estimate of drug-likeness (QED) is 0.510. The van der Waals surface area contributed by atoms with Crippen molar-refractivity contribution >= 4 is 5.97 Å². The predicted molar refractivity (Wildman–Crippen MR) is 68.9 cm³/mol. The summed E-state index contributed by atoms with van der Waals surface area (Å²) in [7, 11) is 0. The van der Waals surface area contributed by atoms with Crippen molar-refractivity contribution in [2.45, 2.75) is 70.7 Å². The predicted octanol–water partition coefficient (Wildman–Crippen LogP) is 0.499. The van der Waals surface area contributed by atoms with Gasteiger partial charge in [0.1, 0.15) is 0 Å². The molecule has 0 bridgehead atoms. The first-order valence-corrected chi connectivity index (χ1v) is 6.59. The van der Waals surface area contributed by atoms with Gasteiger partial charge < -0.3 is 25.4 Å². The maximum atomic E-state index is 11.8. The lowest BCUT2D eigenvalue weighted by molar-refractivity contribution is -0.219. The number of hydrogen-bond acceptors (Lipinski definition) is 6. The van der Waals surface area contributed by atoms with Crippen molar-refractivity contribution in [3.05, 3.63) is 0 Å². The minimum atomic E-state index is -1.47. The van der Waals surface area contributed by atoms with Gasteiger partial charge in [-0.3, -0.25) is 4.79 Å². The van der Waals surface area contributed by atoms with E-state index in [2.05, 4.69) is 0 Å². The van der Waals surface area contributed by atoms with Crippen LogP contribution in [0.15, 0.2) is 0 Å². The van der Waals surface area contributed by atoms with Crippen LogP contribution in [-0.2, 0) is 14.3 Å². The molecule has 0 aliphatic heterocycles. The summed E-state index contributed by atoms with van der Waals surface area (Å²) in [6.07, 6.45) is 1.31. The molecule has 1 fully saturated rings. The van der Waals surface area contributed by atoms with Crippen LogP contribution in [0.3, 0.4) is 0 Å². The molecule has 0 heterocycles. The maximum Gasteiger partial charge on any atom is 0.311 e. The van der Waals surface area contributed by atoms with E-state index in [1.165, 1.54) is 13.8 Å². The van der Waals surface area contributed by atoms with Gasteiger partial charge in [0.05, 0.1) is 12.0 Å². The molecule has 112 valence electrons. The molecule has 6 nitrogen and oxygen atoms in total. The van der Waals surface area contributed by atoms with Crippen molar-refractivity contribution in [2.75, 3.05) is 0 Å². The molecule has 0 aromatic heterocycles. The van der Waals surface area contributed by atoms with Crippen molar-refractivity contribution in [3.8, 4) is 0 Å². The summed E-state index contributed by atoms with van der Waals surface area (Å²) in [6.45, 7) is 5.92. The zero-order valence-corrected chi connectivity index (χ0v) is 12.0. The number of ether oxygens (including phenoxy) is 2. The molecule has 0 amide bonds. The smallest absolute Gasteiger partial charge is 0.311 e. The molecule has 1 saturated carbocycles. The standard InChI is InChI=1S/C13H25NO5/c1-12(2,16)18-10-6-5-8(7-9(10)14)11(15)19-13(3,4)17/h8-10,16-17H,5-7,14H2,1-4H3/t8?,9?,10-/m1/s1. The number of carbonyl (C=O) groups is 1. The SMILES string of the molecule is CC(C)(O)OC(=O)C1CC[C@@H](OC(C)(C)O)C(N)C1. The zero-order chi connectivity index (χ0) is 14.8. The first-order valence-electron chi connectivity index (χ1n) is 6.59. The van der Waals surface area contributed by atoms with Crippen LogP contribution in [0, 0.1) is 5.92 Å². The number of esters is 1. The molecule has 0 aromatic rings. The van der Waals surface area contributed by atoms with Crippen molar-refractivity contribution in [2.24, 2.45) is 11.7 Å². The van der Waals surface area contributed by atoms with Gasteiger partial charge in [-0.05, 0) is 33.1 Å². The highest BCUT2D eigenvalue weighted by Gasteiger charge is 2.37. The summed E-state index contributed by atoms with van der Waals surface area (Å²) in [5.41, 5.74) is 5.97. The lowest BCUT2D eigenvalue weighted by Crippen LogP contribution is -2.48. The number of hydrogen-bond donors (Lipinski definition) is 3. The van der Waals surface area contributed by atoms with E-state index in [4.69, 9.17) is 15.2 Å². The third kappa shape index (κ3) is 5.86. The van der Waals surface area contributed by atoms with Crippen LogP contribution in [0.2, 0.25) is 0 Å². The Morgan fingerprint density at radius 3 is 2.16 bits per heavy atom. The van der Waals surface area contributed by atoms with Gasteiger partial charge in [-0.25, -0.2) is 0 Å². The van der Waals surface area contributed by atoms with E-state index < -0.39 is 17.5 Å². The summed E-state index contributed by atoms with van der Waals surface area (Å²) in [6, 6.07) is -0.334. The van der Waals surface area contributed by atoms with Gasteiger partial charge >= 0.3 is 5.97 Å². The molecule has 0 saturated heterocycles. The molecular weight excluding hydrogens is 250 g/mol. The molecule has 2 unspecified atom stereocenters. The fourth-order valence-electron chi connectivity index (χ4n) is 2.24. The van der Waals surface area contributed by atoms with Gasteiger partial charge in [0.15, 0.2) is 5.79 Å². The topological polar surface area (TPSA) is 102 Å². The van der Waals surface area contributed by atoms with Crippen LogP contribution in [0.5, 0.6) is 0 Å². The molecule has 3 atom stereocenters. The molecule has 4 N–H and O–H groups in total. The summed E-state index contributed by atoms with van der Waals surface area (Å²) < 4.78 is 10.4. The van der Waals surface area contributed by atoms with Crippen molar-refractivity contribution in [1.82, 2.24) is 0 Å². The Hall–Kier alpha value is -0.690. The Morgan fingerprint density at radius 1 is 1.16 bits per heavy atom. The summed E-state index contributed by atoms with van der Waals surface area (Å²) in [5.74, 6) is -3.47. The molecule has 1 aliphatic carbocycles. The second kappa shape index (κ2) is 5.75. The van der Waals surface area contributed by atoms with E-state index in [1.807, 2.05) is 0 Å². The van der Waals surface area contributed by atoms with Crippen LogP contribution in [0.25, 0.3) is 0 Å². The summed E-state index contributed by atoms with van der Waals surface area (Å²) in [4.78, 5) is 11.8. The highest BCUT2D eigenvalue weighted by atomic mass is 16.7. The average Bonchev–Trinajstić information content (AvgIpc) is 2.16.